The van der Waals surface area contributed by atoms with Gasteiger partial charge in [0.25, 0.3) is 0 Å². The molecular formula is C12H9N5O2S. The summed E-state index contributed by atoms with van der Waals surface area (Å²) in [6.45, 7) is 0. The largest absolute Gasteiger partial charge is 0.378 e. The second kappa shape index (κ2) is 4.74. The molecule has 2 heterocycles. The third kappa shape index (κ3) is 2.12. The average molecular weight is 287 g/mol. The Hall–Kier alpha value is -2.74. The number of benzene rings is 1. The summed E-state index contributed by atoms with van der Waals surface area (Å²) in [7, 11) is 0. The molecule has 0 aliphatic carbocycles. The molecule has 3 rings (SSSR count). The molecule has 0 fully saturated rings. The Morgan fingerprint density at radius 2 is 2.15 bits per heavy atom. The quantitative estimate of drug-likeness (QED) is 0.566. The predicted molar refractivity (Wildman–Crippen MR) is 78.2 cm³/mol. The van der Waals surface area contributed by atoms with Crippen LogP contribution in [0.1, 0.15) is 0 Å². The molecule has 0 saturated heterocycles. The number of thiophene rings is 1. The molecule has 0 atom stereocenters. The van der Waals surface area contributed by atoms with Crippen LogP contribution < -0.4 is 11.1 Å². The van der Waals surface area contributed by atoms with Gasteiger partial charge in [-0.1, -0.05) is 0 Å². The van der Waals surface area contributed by atoms with Gasteiger partial charge in [0.1, 0.15) is 6.33 Å². The van der Waals surface area contributed by atoms with Crippen molar-refractivity contribution in [3.63, 3.8) is 0 Å². The van der Waals surface area contributed by atoms with E-state index in [1.165, 1.54) is 6.33 Å². The SMILES string of the molecule is Nc1ncnc(Nc2ccc3sccc3c2)c1[N+](=O)[O-]. The van der Waals surface area contributed by atoms with E-state index in [0.29, 0.717) is 5.69 Å². The van der Waals surface area contributed by atoms with Crippen LogP contribution in [0.3, 0.4) is 0 Å². The molecular weight excluding hydrogens is 278 g/mol. The van der Waals surface area contributed by atoms with E-state index in [-0.39, 0.29) is 17.3 Å². The minimum Gasteiger partial charge on any atom is -0.378 e. The van der Waals surface area contributed by atoms with Crippen LogP contribution in [0.5, 0.6) is 0 Å². The van der Waals surface area contributed by atoms with E-state index in [9.17, 15) is 10.1 Å². The third-order valence-electron chi connectivity index (χ3n) is 2.75. The van der Waals surface area contributed by atoms with E-state index < -0.39 is 4.92 Å². The van der Waals surface area contributed by atoms with E-state index >= 15 is 0 Å². The summed E-state index contributed by atoms with van der Waals surface area (Å²) < 4.78 is 1.15. The van der Waals surface area contributed by atoms with E-state index in [1.807, 2.05) is 29.6 Å². The van der Waals surface area contributed by atoms with E-state index in [1.54, 1.807) is 11.3 Å². The van der Waals surface area contributed by atoms with Crippen LogP contribution in [0.2, 0.25) is 0 Å². The first-order valence-corrected chi connectivity index (χ1v) is 6.52. The second-order valence-electron chi connectivity index (χ2n) is 4.01. The Balaban J connectivity index is 2.02. The summed E-state index contributed by atoms with van der Waals surface area (Å²) in [4.78, 5) is 17.9. The van der Waals surface area contributed by atoms with Crippen LogP contribution in [0, 0.1) is 10.1 Å². The standard InChI is InChI=1S/C12H9N5O2S/c13-11-10(17(18)19)12(15-6-14-11)16-8-1-2-9-7(5-8)3-4-20-9/h1-6H,(H3,13,14,15,16). The number of rotatable bonds is 3. The zero-order valence-corrected chi connectivity index (χ0v) is 10.9. The lowest BCUT2D eigenvalue weighted by Crippen LogP contribution is -2.04. The molecule has 0 amide bonds. The highest BCUT2D eigenvalue weighted by atomic mass is 32.1. The molecule has 20 heavy (non-hydrogen) atoms. The van der Waals surface area contributed by atoms with Gasteiger partial charge in [0, 0.05) is 10.4 Å². The fourth-order valence-corrected chi connectivity index (χ4v) is 2.62. The molecule has 100 valence electrons. The van der Waals surface area contributed by atoms with Crippen LogP contribution in [-0.2, 0) is 0 Å². The highest BCUT2D eigenvalue weighted by molar-refractivity contribution is 7.17. The van der Waals surface area contributed by atoms with Crippen molar-refractivity contribution in [2.24, 2.45) is 0 Å². The molecule has 0 saturated carbocycles. The van der Waals surface area contributed by atoms with Crippen molar-refractivity contribution in [3.8, 4) is 0 Å². The van der Waals surface area contributed by atoms with E-state index in [2.05, 4.69) is 15.3 Å². The van der Waals surface area contributed by atoms with Crippen molar-refractivity contribution in [1.29, 1.82) is 0 Å². The molecule has 0 radical (unpaired) electrons. The number of nitrogens with one attached hydrogen (secondary N) is 1. The normalized spacial score (nSPS) is 10.6. The summed E-state index contributed by atoms with van der Waals surface area (Å²) in [5, 5.41) is 17.0. The van der Waals surface area contributed by atoms with Crippen LogP contribution >= 0.6 is 11.3 Å². The summed E-state index contributed by atoms with van der Waals surface area (Å²) in [6.07, 6.45) is 1.19. The van der Waals surface area contributed by atoms with Gasteiger partial charge in [-0.2, -0.15) is 0 Å². The van der Waals surface area contributed by atoms with Gasteiger partial charge in [-0.3, -0.25) is 10.1 Å². The fraction of sp³-hybridized carbons (Fsp3) is 0. The average Bonchev–Trinajstić information content (AvgIpc) is 2.85. The number of fused-ring (bicyclic) bond motifs is 1. The van der Waals surface area contributed by atoms with Gasteiger partial charge in [-0.25, -0.2) is 9.97 Å². The molecule has 0 bridgehead atoms. The summed E-state index contributed by atoms with van der Waals surface area (Å²) in [6, 6.07) is 7.65. The molecule has 3 aromatic rings. The van der Waals surface area contributed by atoms with Crippen molar-refractivity contribution in [2.45, 2.75) is 0 Å². The molecule has 0 aliphatic heterocycles. The fourth-order valence-electron chi connectivity index (χ4n) is 1.85. The molecule has 3 N–H and O–H groups in total. The topological polar surface area (TPSA) is 107 Å². The Bertz CT molecular complexity index is 801. The molecule has 8 heteroatoms. The molecule has 0 unspecified atom stereocenters. The van der Waals surface area contributed by atoms with Crippen LogP contribution in [0.4, 0.5) is 23.0 Å². The minimum atomic E-state index is -0.596. The van der Waals surface area contributed by atoms with Crippen LogP contribution in [-0.4, -0.2) is 14.9 Å². The number of hydrogen-bond donors (Lipinski definition) is 2. The Labute approximate surface area is 117 Å². The summed E-state index contributed by atoms with van der Waals surface area (Å²) >= 11 is 1.63. The lowest BCUT2D eigenvalue weighted by atomic mass is 10.2. The van der Waals surface area contributed by atoms with E-state index in [0.717, 1.165) is 10.1 Å². The van der Waals surface area contributed by atoms with Crippen molar-refractivity contribution in [2.75, 3.05) is 11.1 Å². The third-order valence-corrected chi connectivity index (χ3v) is 3.65. The Kier molecular flexibility index (Phi) is 2.92. The minimum absolute atomic E-state index is 0.0806. The lowest BCUT2D eigenvalue weighted by molar-refractivity contribution is -0.383. The number of aromatic nitrogens is 2. The number of nitrogens with two attached hydrogens (primary N) is 1. The first-order chi connectivity index (χ1) is 9.65. The van der Waals surface area contributed by atoms with Gasteiger partial charge in [0.2, 0.25) is 11.6 Å². The van der Waals surface area contributed by atoms with Gasteiger partial charge >= 0.3 is 5.69 Å². The van der Waals surface area contributed by atoms with E-state index in [4.69, 9.17) is 5.73 Å². The maximum absolute atomic E-state index is 11.0. The number of anilines is 3. The molecule has 0 aliphatic rings. The smallest absolute Gasteiger partial charge is 0.353 e. The zero-order chi connectivity index (χ0) is 14.1. The first-order valence-electron chi connectivity index (χ1n) is 5.64. The second-order valence-corrected chi connectivity index (χ2v) is 4.96. The Morgan fingerprint density at radius 1 is 1.30 bits per heavy atom. The highest BCUT2D eigenvalue weighted by Gasteiger charge is 2.20. The van der Waals surface area contributed by atoms with Gasteiger partial charge in [-0.15, -0.1) is 11.3 Å². The molecule has 0 spiro atoms. The maximum Gasteiger partial charge on any atom is 0.353 e. The highest BCUT2D eigenvalue weighted by Crippen LogP contribution is 2.31. The van der Waals surface area contributed by atoms with Crippen LogP contribution in [0.25, 0.3) is 10.1 Å². The first kappa shape index (κ1) is 12.3. The summed E-state index contributed by atoms with van der Waals surface area (Å²) in [5.41, 5.74) is 5.90. The van der Waals surface area contributed by atoms with Crippen LogP contribution in [0.15, 0.2) is 36.0 Å². The van der Waals surface area contributed by atoms with Gasteiger partial charge in [0.15, 0.2) is 0 Å². The van der Waals surface area contributed by atoms with Crippen molar-refractivity contribution >= 4 is 44.4 Å². The zero-order valence-electron chi connectivity index (χ0n) is 10.1. The lowest BCUT2D eigenvalue weighted by Gasteiger charge is -2.06. The van der Waals surface area contributed by atoms with Crippen molar-refractivity contribution in [1.82, 2.24) is 9.97 Å². The van der Waals surface area contributed by atoms with Crippen molar-refractivity contribution in [3.05, 3.63) is 46.1 Å². The summed E-state index contributed by atoms with van der Waals surface area (Å²) in [5.74, 6) is -0.0822. The number of nitro groups is 1. The van der Waals surface area contributed by atoms with Gasteiger partial charge < -0.3 is 11.1 Å². The number of nitrogen functional groups attached to an aromatic ring is 1. The van der Waals surface area contributed by atoms with Gasteiger partial charge in [0.05, 0.1) is 4.92 Å². The predicted octanol–water partition coefficient (Wildman–Crippen LogP) is 2.93. The Morgan fingerprint density at radius 3 is 2.95 bits per heavy atom. The van der Waals surface area contributed by atoms with Gasteiger partial charge in [-0.05, 0) is 35.0 Å². The molecule has 7 nitrogen and oxygen atoms in total. The molecule has 1 aromatic carbocycles. The maximum atomic E-state index is 11.0. The number of hydrogen-bond acceptors (Lipinski definition) is 7. The number of nitrogens with zero attached hydrogens (tertiary/aromatic N) is 3. The molecule has 2 aromatic heterocycles. The van der Waals surface area contributed by atoms with Crippen molar-refractivity contribution < 1.29 is 4.92 Å². The monoisotopic (exact) mass is 287 g/mol.